The van der Waals surface area contributed by atoms with Crippen LogP contribution in [0.25, 0.3) is 0 Å². The molecule has 0 aliphatic carbocycles. The maximum atomic E-state index is 5.80. The molecule has 2 aromatic rings. The fraction of sp³-hybridized carbons (Fsp3) is 0.368. The van der Waals surface area contributed by atoms with Gasteiger partial charge in [-0.05, 0) is 61.6 Å². The summed E-state index contributed by atoms with van der Waals surface area (Å²) in [6.45, 7) is 8.67. The number of benzene rings is 2. The van der Waals surface area contributed by atoms with Crippen molar-refractivity contribution in [3.05, 3.63) is 63.7 Å². The lowest BCUT2D eigenvalue weighted by Gasteiger charge is -2.18. The minimum atomic E-state index is 0.235. The van der Waals surface area contributed by atoms with Gasteiger partial charge in [0.05, 0.1) is 4.83 Å². The van der Waals surface area contributed by atoms with Crippen LogP contribution in [0.1, 0.15) is 45.1 Å². The maximum absolute atomic E-state index is 5.80. The van der Waals surface area contributed by atoms with Crippen LogP contribution in [0.3, 0.4) is 0 Å². The van der Waals surface area contributed by atoms with Gasteiger partial charge in [0.1, 0.15) is 11.9 Å². The molecule has 1 aliphatic rings. The molecule has 0 fully saturated rings. The summed E-state index contributed by atoms with van der Waals surface area (Å²) in [4.78, 5) is 0.235. The molecular formula is C19H21BrO. The van der Waals surface area contributed by atoms with Gasteiger partial charge >= 0.3 is 0 Å². The summed E-state index contributed by atoms with van der Waals surface area (Å²) >= 11 is 3.90. The van der Waals surface area contributed by atoms with Gasteiger partial charge in [0.25, 0.3) is 0 Å². The number of hydrogen-bond donors (Lipinski definition) is 0. The van der Waals surface area contributed by atoms with Crippen molar-refractivity contribution in [3.63, 3.8) is 0 Å². The zero-order valence-electron chi connectivity index (χ0n) is 13.0. The van der Waals surface area contributed by atoms with Crippen molar-refractivity contribution in [1.82, 2.24) is 0 Å². The van der Waals surface area contributed by atoms with Crippen LogP contribution >= 0.6 is 15.9 Å². The van der Waals surface area contributed by atoms with E-state index in [1.807, 2.05) is 0 Å². The summed E-state index contributed by atoms with van der Waals surface area (Å²) in [7, 11) is 0. The topological polar surface area (TPSA) is 9.23 Å². The first-order chi connectivity index (χ1) is 9.95. The summed E-state index contributed by atoms with van der Waals surface area (Å²) < 4.78 is 5.80. The third kappa shape index (κ3) is 2.74. The molecule has 0 saturated carbocycles. The first-order valence-corrected chi connectivity index (χ1v) is 8.38. The molecule has 21 heavy (non-hydrogen) atoms. The molecule has 0 N–H and O–H groups in total. The molecule has 0 saturated heterocycles. The zero-order chi connectivity index (χ0) is 15.1. The number of ether oxygens (including phenoxy) is 1. The summed E-state index contributed by atoms with van der Waals surface area (Å²) in [5.41, 5.74) is 8.03. The number of halogens is 1. The van der Waals surface area contributed by atoms with Crippen LogP contribution in [0.2, 0.25) is 0 Å². The first kappa shape index (κ1) is 14.6. The predicted molar refractivity (Wildman–Crippen MR) is 91.7 cm³/mol. The molecule has 1 heterocycles. The molecule has 0 amide bonds. The molecule has 2 unspecified atom stereocenters. The van der Waals surface area contributed by atoms with Crippen molar-refractivity contribution in [1.29, 1.82) is 0 Å². The van der Waals surface area contributed by atoms with Crippen LogP contribution < -0.4 is 4.74 Å². The summed E-state index contributed by atoms with van der Waals surface area (Å²) in [5.74, 6) is 1.04. The van der Waals surface area contributed by atoms with Gasteiger partial charge in [-0.2, -0.15) is 0 Å². The average molecular weight is 345 g/mol. The van der Waals surface area contributed by atoms with E-state index >= 15 is 0 Å². The van der Waals surface area contributed by atoms with E-state index in [9.17, 15) is 0 Å². The number of alkyl halides is 1. The van der Waals surface area contributed by atoms with E-state index in [4.69, 9.17) is 4.74 Å². The van der Waals surface area contributed by atoms with Crippen LogP contribution in [-0.4, -0.2) is 6.10 Å². The second-order valence-corrected chi connectivity index (χ2v) is 7.09. The molecule has 0 bridgehead atoms. The van der Waals surface area contributed by atoms with Gasteiger partial charge in [0.15, 0.2) is 0 Å². The smallest absolute Gasteiger partial charge is 0.123 e. The number of hydrogen-bond acceptors (Lipinski definition) is 1. The summed E-state index contributed by atoms with van der Waals surface area (Å²) in [6, 6.07) is 11.1. The third-order valence-electron chi connectivity index (χ3n) is 4.20. The number of aryl methyl sites for hydroxylation is 3. The van der Waals surface area contributed by atoms with E-state index in [1.165, 1.54) is 33.4 Å². The Hall–Kier alpha value is -1.28. The van der Waals surface area contributed by atoms with Crippen LogP contribution in [0.5, 0.6) is 5.75 Å². The lowest BCUT2D eigenvalue weighted by atomic mass is 9.93. The van der Waals surface area contributed by atoms with Crippen molar-refractivity contribution in [2.75, 3.05) is 0 Å². The molecule has 2 atom stereocenters. The highest BCUT2D eigenvalue weighted by Crippen LogP contribution is 2.38. The van der Waals surface area contributed by atoms with Crippen molar-refractivity contribution < 1.29 is 4.74 Å². The van der Waals surface area contributed by atoms with Gasteiger partial charge in [-0.1, -0.05) is 45.8 Å². The Labute approximate surface area is 135 Å². The van der Waals surface area contributed by atoms with Crippen molar-refractivity contribution in [3.8, 4) is 5.75 Å². The van der Waals surface area contributed by atoms with E-state index in [0.29, 0.717) is 6.10 Å². The van der Waals surface area contributed by atoms with Gasteiger partial charge in [0, 0.05) is 6.42 Å². The van der Waals surface area contributed by atoms with E-state index in [0.717, 1.165) is 12.2 Å². The third-order valence-corrected chi connectivity index (χ3v) is 5.19. The van der Waals surface area contributed by atoms with Gasteiger partial charge in [-0.25, -0.2) is 0 Å². The van der Waals surface area contributed by atoms with E-state index in [1.54, 1.807) is 0 Å². The Morgan fingerprint density at radius 2 is 1.76 bits per heavy atom. The zero-order valence-corrected chi connectivity index (χ0v) is 14.6. The van der Waals surface area contributed by atoms with Gasteiger partial charge in [-0.3, -0.25) is 0 Å². The Kier molecular flexibility index (Phi) is 3.83. The van der Waals surface area contributed by atoms with E-state index in [-0.39, 0.29) is 4.83 Å². The minimum absolute atomic E-state index is 0.235. The lowest BCUT2D eigenvalue weighted by molar-refractivity contribution is 0.254. The summed E-state index contributed by atoms with van der Waals surface area (Å²) in [6.07, 6.45) is 1.31. The SMILES string of the molecule is Cc1cc(C)c(C(Br)c2ccc3c(c2)CC(C)O3)c(C)c1. The van der Waals surface area contributed by atoms with Gasteiger partial charge in [-0.15, -0.1) is 0 Å². The van der Waals surface area contributed by atoms with Crippen molar-refractivity contribution in [2.45, 2.75) is 45.0 Å². The van der Waals surface area contributed by atoms with Crippen LogP contribution in [0.4, 0.5) is 0 Å². The van der Waals surface area contributed by atoms with E-state index < -0.39 is 0 Å². The number of fused-ring (bicyclic) bond motifs is 1. The Morgan fingerprint density at radius 1 is 1.10 bits per heavy atom. The van der Waals surface area contributed by atoms with Gasteiger partial charge < -0.3 is 4.74 Å². The van der Waals surface area contributed by atoms with Crippen LogP contribution in [0.15, 0.2) is 30.3 Å². The average Bonchev–Trinajstić information content (AvgIpc) is 2.76. The second-order valence-electron chi connectivity index (χ2n) is 6.17. The Morgan fingerprint density at radius 3 is 2.43 bits per heavy atom. The minimum Gasteiger partial charge on any atom is -0.490 e. The highest BCUT2D eigenvalue weighted by Gasteiger charge is 2.22. The first-order valence-electron chi connectivity index (χ1n) is 7.47. The number of rotatable bonds is 2. The highest BCUT2D eigenvalue weighted by atomic mass is 79.9. The van der Waals surface area contributed by atoms with Crippen LogP contribution in [0, 0.1) is 20.8 Å². The quantitative estimate of drug-likeness (QED) is 0.661. The van der Waals surface area contributed by atoms with Crippen molar-refractivity contribution >= 4 is 15.9 Å². The molecule has 110 valence electrons. The Balaban J connectivity index is 2.00. The van der Waals surface area contributed by atoms with Gasteiger partial charge in [0.2, 0.25) is 0 Å². The predicted octanol–water partition coefficient (Wildman–Crippen LogP) is 5.42. The molecule has 0 radical (unpaired) electrons. The molecule has 0 aromatic heterocycles. The summed E-state index contributed by atoms with van der Waals surface area (Å²) in [5, 5.41) is 0. The Bertz CT molecular complexity index is 667. The molecule has 1 aliphatic heterocycles. The normalized spacial score (nSPS) is 18.2. The monoisotopic (exact) mass is 344 g/mol. The standard InChI is InChI=1S/C19H21BrO/c1-11-7-12(2)18(13(3)8-11)19(20)15-5-6-17-16(10-15)9-14(4)21-17/h5-8,10,14,19H,9H2,1-4H3. The maximum Gasteiger partial charge on any atom is 0.123 e. The second kappa shape index (κ2) is 5.49. The fourth-order valence-electron chi connectivity index (χ4n) is 3.36. The molecule has 2 aromatic carbocycles. The highest BCUT2D eigenvalue weighted by molar-refractivity contribution is 9.09. The molecule has 0 spiro atoms. The fourth-order valence-corrected chi connectivity index (χ4v) is 4.36. The molecule has 1 nitrogen and oxygen atoms in total. The van der Waals surface area contributed by atoms with Crippen molar-refractivity contribution in [2.24, 2.45) is 0 Å². The van der Waals surface area contributed by atoms with Crippen LogP contribution in [-0.2, 0) is 6.42 Å². The lowest BCUT2D eigenvalue weighted by Crippen LogP contribution is -2.05. The molecule has 2 heteroatoms. The van der Waals surface area contributed by atoms with E-state index in [2.05, 4.69) is 74.0 Å². The largest absolute Gasteiger partial charge is 0.490 e. The molecular weight excluding hydrogens is 324 g/mol. The molecule has 3 rings (SSSR count).